The molecule has 0 radical (unpaired) electrons. The van der Waals surface area contributed by atoms with Crippen LogP contribution in [0.1, 0.15) is 17.2 Å². The lowest BCUT2D eigenvalue weighted by molar-refractivity contribution is -0.143. The smallest absolute Gasteiger partial charge is 0.327 e. The maximum atomic E-state index is 12.0. The van der Waals surface area contributed by atoms with Crippen LogP contribution in [0.3, 0.4) is 0 Å². The minimum atomic E-state index is -0.503. The molecule has 1 aliphatic rings. The standard InChI is InChI=1S/C17H17NO4/c1-20-17(19)16(13-5-3-2-4-6-13)18-10-12-7-8-14-15(9-12)22-11-21-14/h2-9,16,18H,10-11H2,1H3. The molecule has 0 spiro atoms. The van der Waals surface area contributed by atoms with Gasteiger partial charge in [-0.25, -0.2) is 4.79 Å². The van der Waals surface area contributed by atoms with Crippen molar-refractivity contribution in [2.75, 3.05) is 13.9 Å². The first kappa shape index (κ1) is 14.4. The molecule has 0 aromatic heterocycles. The van der Waals surface area contributed by atoms with Crippen molar-refractivity contribution in [3.05, 3.63) is 59.7 Å². The van der Waals surface area contributed by atoms with Gasteiger partial charge in [0.05, 0.1) is 7.11 Å². The summed E-state index contributed by atoms with van der Waals surface area (Å²) in [6, 6.07) is 14.7. The fraction of sp³-hybridized carbons (Fsp3) is 0.235. The quantitative estimate of drug-likeness (QED) is 0.859. The molecule has 114 valence electrons. The zero-order valence-corrected chi connectivity index (χ0v) is 12.2. The molecule has 0 amide bonds. The number of nitrogens with one attached hydrogen (secondary N) is 1. The Labute approximate surface area is 128 Å². The van der Waals surface area contributed by atoms with E-state index in [0.717, 1.165) is 22.6 Å². The SMILES string of the molecule is COC(=O)C(NCc1ccc2c(c1)OCO2)c1ccccc1. The third-order valence-corrected chi connectivity index (χ3v) is 3.52. The number of methoxy groups -OCH3 is 1. The van der Waals surface area contributed by atoms with Crippen LogP contribution in [0.25, 0.3) is 0 Å². The van der Waals surface area contributed by atoms with Gasteiger partial charge in [-0.1, -0.05) is 36.4 Å². The summed E-state index contributed by atoms with van der Waals surface area (Å²) in [5, 5.41) is 3.22. The van der Waals surface area contributed by atoms with Gasteiger partial charge in [0.15, 0.2) is 11.5 Å². The highest BCUT2D eigenvalue weighted by atomic mass is 16.7. The molecule has 3 rings (SSSR count). The van der Waals surface area contributed by atoms with Crippen LogP contribution in [0, 0.1) is 0 Å². The van der Waals surface area contributed by atoms with Gasteiger partial charge in [0.2, 0.25) is 6.79 Å². The predicted molar refractivity (Wildman–Crippen MR) is 80.6 cm³/mol. The zero-order chi connectivity index (χ0) is 15.4. The molecule has 2 aromatic carbocycles. The summed E-state index contributed by atoms with van der Waals surface area (Å²) in [4.78, 5) is 12.0. The Balaban J connectivity index is 1.73. The van der Waals surface area contributed by atoms with Gasteiger partial charge in [0, 0.05) is 6.54 Å². The molecule has 22 heavy (non-hydrogen) atoms. The van der Waals surface area contributed by atoms with Crippen molar-refractivity contribution in [1.29, 1.82) is 0 Å². The normalized spacial score (nSPS) is 13.7. The van der Waals surface area contributed by atoms with Crippen molar-refractivity contribution in [3.8, 4) is 11.5 Å². The number of fused-ring (bicyclic) bond motifs is 1. The maximum Gasteiger partial charge on any atom is 0.327 e. The number of hydrogen-bond donors (Lipinski definition) is 1. The second-order valence-corrected chi connectivity index (χ2v) is 4.94. The van der Waals surface area contributed by atoms with Gasteiger partial charge in [0.1, 0.15) is 6.04 Å². The largest absolute Gasteiger partial charge is 0.468 e. The highest BCUT2D eigenvalue weighted by Crippen LogP contribution is 2.32. The van der Waals surface area contributed by atoms with Crippen LogP contribution in [0.2, 0.25) is 0 Å². The minimum Gasteiger partial charge on any atom is -0.468 e. The van der Waals surface area contributed by atoms with Crippen LogP contribution in [0.4, 0.5) is 0 Å². The Morgan fingerprint density at radius 1 is 1.18 bits per heavy atom. The van der Waals surface area contributed by atoms with Crippen molar-refractivity contribution < 1.29 is 19.0 Å². The molecule has 1 heterocycles. The fourth-order valence-corrected chi connectivity index (χ4v) is 2.37. The molecule has 0 saturated carbocycles. The maximum absolute atomic E-state index is 12.0. The Bertz CT molecular complexity index is 657. The topological polar surface area (TPSA) is 56.8 Å². The second-order valence-electron chi connectivity index (χ2n) is 4.94. The summed E-state index contributed by atoms with van der Waals surface area (Å²) in [6.45, 7) is 0.770. The van der Waals surface area contributed by atoms with Gasteiger partial charge >= 0.3 is 5.97 Å². The lowest BCUT2D eigenvalue weighted by Gasteiger charge is -2.17. The number of ether oxygens (including phenoxy) is 3. The van der Waals surface area contributed by atoms with Crippen molar-refractivity contribution >= 4 is 5.97 Å². The van der Waals surface area contributed by atoms with Gasteiger partial charge in [-0.05, 0) is 23.3 Å². The molecule has 0 bridgehead atoms. The summed E-state index contributed by atoms with van der Waals surface area (Å²) >= 11 is 0. The molecule has 0 saturated heterocycles. The molecule has 2 aromatic rings. The number of carbonyl (C=O) groups is 1. The number of benzene rings is 2. The summed E-state index contributed by atoms with van der Waals surface area (Å²) in [5.41, 5.74) is 1.88. The Hall–Kier alpha value is -2.53. The van der Waals surface area contributed by atoms with E-state index < -0.39 is 6.04 Å². The molecule has 1 N–H and O–H groups in total. The van der Waals surface area contributed by atoms with E-state index in [-0.39, 0.29) is 12.8 Å². The van der Waals surface area contributed by atoms with Gasteiger partial charge in [-0.15, -0.1) is 0 Å². The van der Waals surface area contributed by atoms with E-state index in [4.69, 9.17) is 14.2 Å². The van der Waals surface area contributed by atoms with E-state index in [0.29, 0.717) is 6.54 Å². The summed E-state index contributed by atoms with van der Waals surface area (Å²) in [6.07, 6.45) is 0. The molecule has 1 aliphatic heterocycles. The number of carbonyl (C=O) groups excluding carboxylic acids is 1. The number of rotatable bonds is 5. The van der Waals surface area contributed by atoms with Crippen LogP contribution in [0.15, 0.2) is 48.5 Å². The Kier molecular flexibility index (Phi) is 4.25. The van der Waals surface area contributed by atoms with E-state index in [9.17, 15) is 4.79 Å². The molecule has 1 unspecified atom stereocenters. The van der Waals surface area contributed by atoms with Gasteiger partial charge in [-0.2, -0.15) is 0 Å². The Morgan fingerprint density at radius 3 is 2.73 bits per heavy atom. The summed E-state index contributed by atoms with van der Waals surface area (Å²) in [5.74, 6) is 1.16. The lowest BCUT2D eigenvalue weighted by Crippen LogP contribution is -2.29. The van der Waals surface area contributed by atoms with Crippen molar-refractivity contribution in [2.24, 2.45) is 0 Å². The minimum absolute atomic E-state index is 0.251. The van der Waals surface area contributed by atoms with E-state index in [1.807, 2.05) is 48.5 Å². The highest BCUT2D eigenvalue weighted by molar-refractivity contribution is 5.77. The molecular weight excluding hydrogens is 282 g/mol. The van der Waals surface area contributed by atoms with E-state index >= 15 is 0 Å². The first-order chi connectivity index (χ1) is 10.8. The number of esters is 1. The monoisotopic (exact) mass is 299 g/mol. The average Bonchev–Trinajstić information content (AvgIpc) is 3.03. The zero-order valence-electron chi connectivity index (χ0n) is 12.2. The van der Waals surface area contributed by atoms with Crippen LogP contribution in [0.5, 0.6) is 11.5 Å². The molecular formula is C17H17NO4. The highest BCUT2D eigenvalue weighted by Gasteiger charge is 2.21. The molecule has 5 nitrogen and oxygen atoms in total. The average molecular weight is 299 g/mol. The molecule has 0 aliphatic carbocycles. The summed E-state index contributed by atoms with van der Waals surface area (Å²) in [7, 11) is 1.39. The van der Waals surface area contributed by atoms with Crippen molar-refractivity contribution in [1.82, 2.24) is 5.32 Å². The third-order valence-electron chi connectivity index (χ3n) is 3.52. The molecule has 5 heteroatoms. The van der Waals surface area contributed by atoms with Crippen molar-refractivity contribution in [3.63, 3.8) is 0 Å². The number of hydrogen-bond acceptors (Lipinski definition) is 5. The van der Waals surface area contributed by atoms with Gasteiger partial charge in [-0.3, -0.25) is 5.32 Å². The van der Waals surface area contributed by atoms with Crippen LogP contribution < -0.4 is 14.8 Å². The molecule has 1 atom stereocenters. The predicted octanol–water partition coefficient (Wildman–Crippen LogP) is 2.42. The van der Waals surface area contributed by atoms with Crippen molar-refractivity contribution in [2.45, 2.75) is 12.6 Å². The van der Waals surface area contributed by atoms with Gasteiger partial charge < -0.3 is 14.2 Å². The van der Waals surface area contributed by atoms with Crippen LogP contribution >= 0.6 is 0 Å². The third kappa shape index (κ3) is 3.04. The van der Waals surface area contributed by atoms with Crippen LogP contribution in [-0.4, -0.2) is 19.9 Å². The molecule has 0 fully saturated rings. The first-order valence-electron chi connectivity index (χ1n) is 7.02. The summed E-state index contributed by atoms with van der Waals surface area (Å²) < 4.78 is 15.5. The van der Waals surface area contributed by atoms with E-state index in [1.54, 1.807) is 0 Å². The van der Waals surface area contributed by atoms with Gasteiger partial charge in [0.25, 0.3) is 0 Å². The van der Waals surface area contributed by atoms with Crippen LogP contribution in [-0.2, 0) is 16.1 Å². The lowest BCUT2D eigenvalue weighted by atomic mass is 10.1. The second kappa shape index (κ2) is 6.49. The van der Waals surface area contributed by atoms with E-state index in [2.05, 4.69) is 5.32 Å². The fourth-order valence-electron chi connectivity index (χ4n) is 2.37. The first-order valence-corrected chi connectivity index (χ1v) is 7.02. The van der Waals surface area contributed by atoms with E-state index in [1.165, 1.54) is 7.11 Å². The Morgan fingerprint density at radius 2 is 1.95 bits per heavy atom.